The number of nitrogens with zero attached hydrogens (tertiary/aromatic N) is 1. The summed E-state index contributed by atoms with van der Waals surface area (Å²) in [5.41, 5.74) is 0.332. The first-order chi connectivity index (χ1) is 8.39. The highest BCUT2D eigenvalue weighted by Crippen LogP contribution is 2.19. The van der Waals surface area contributed by atoms with E-state index >= 15 is 0 Å². The van der Waals surface area contributed by atoms with Gasteiger partial charge in [-0.2, -0.15) is 0 Å². The van der Waals surface area contributed by atoms with Crippen LogP contribution in [0, 0.1) is 5.82 Å². The second-order valence-corrected chi connectivity index (χ2v) is 6.49. The van der Waals surface area contributed by atoms with E-state index in [0.29, 0.717) is 18.8 Å². The average molecular weight is 274 g/mol. The van der Waals surface area contributed by atoms with Crippen molar-refractivity contribution in [2.75, 3.05) is 24.4 Å². The van der Waals surface area contributed by atoms with Gasteiger partial charge in [0.2, 0.25) is 10.0 Å². The zero-order valence-corrected chi connectivity index (χ0v) is 11.7. The van der Waals surface area contributed by atoms with Crippen molar-refractivity contribution in [3.8, 4) is 0 Å². The number of rotatable bonds is 6. The Bertz CT molecular complexity index is 491. The SMILES string of the molecule is CCNCC(C)S(=O)(=O)N(C)c1cccc(F)c1. The average Bonchev–Trinajstić information content (AvgIpc) is 2.34. The van der Waals surface area contributed by atoms with Crippen LogP contribution in [0.1, 0.15) is 13.8 Å². The third-order valence-electron chi connectivity index (χ3n) is 2.74. The summed E-state index contributed by atoms with van der Waals surface area (Å²) in [5, 5.41) is 2.43. The van der Waals surface area contributed by atoms with Gasteiger partial charge in [0.05, 0.1) is 10.9 Å². The molecule has 0 saturated heterocycles. The summed E-state index contributed by atoms with van der Waals surface area (Å²) in [4.78, 5) is 0. The van der Waals surface area contributed by atoms with E-state index in [1.165, 1.54) is 25.2 Å². The lowest BCUT2D eigenvalue weighted by atomic mass is 10.3. The van der Waals surface area contributed by atoms with Crippen molar-refractivity contribution in [2.24, 2.45) is 0 Å². The lowest BCUT2D eigenvalue weighted by Crippen LogP contribution is -2.40. The van der Waals surface area contributed by atoms with Crippen molar-refractivity contribution in [3.05, 3.63) is 30.1 Å². The van der Waals surface area contributed by atoms with Gasteiger partial charge in [0, 0.05) is 13.6 Å². The maximum Gasteiger partial charge on any atom is 0.238 e. The lowest BCUT2D eigenvalue weighted by Gasteiger charge is -2.24. The summed E-state index contributed by atoms with van der Waals surface area (Å²) in [6.45, 7) is 4.63. The molecule has 4 nitrogen and oxygen atoms in total. The monoisotopic (exact) mass is 274 g/mol. The zero-order chi connectivity index (χ0) is 13.8. The van der Waals surface area contributed by atoms with E-state index < -0.39 is 21.1 Å². The number of hydrogen-bond donors (Lipinski definition) is 1. The molecule has 1 unspecified atom stereocenters. The van der Waals surface area contributed by atoms with Crippen LogP contribution < -0.4 is 9.62 Å². The molecule has 1 N–H and O–H groups in total. The molecular weight excluding hydrogens is 255 g/mol. The predicted molar refractivity (Wildman–Crippen MR) is 71.7 cm³/mol. The van der Waals surface area contributed by atoms with Crippen LogP contribution in [0.25, 0.3) is 0 Å². The highest BCUT2D eigenvalue weighted by molar-refractivity contribution is 7.93. The van der Waals surface area contributed by atoms with Crippen LogP contribution in [-0.2, 0) is 10.0 Å². The van der Waals surface area contributed by atoms with Crippen molar-refractivity contribution >= 4 is 15.7 Å². The summed E-state index contributed by atoms with van der Waals surface area (Å²) in [6, 6.07) is 5.55. The Morgan fingerprint density at radius 2 is 2.11 bits per heavy atom. The first-order valence-corrected chi connectivity index (χ1v) is 7.34. The number of benzene rings is 1. The highest BCUT2D eigenvalue weighted by Gasteiger charge is 2.25. The molecule has 0 aliphatic rings. The second kappa shape index (κ2) is 6.15. The number of anilines is 1. The van der Waals surface area contributed by atoms with Gasteiger partial charge < -0.3 is 5.32 Å². The zero-order valence-electron chi connectivity index (χ0n) is 10.9. The van der Waals surface area contributed by atoms with Gasteiger partial charge in [-0.3, -0.25) is 4.31 Å². The van der Waals surface area contributed by atoms with E-state index in [9.17, 15) is 12.8 Å². The first kappa shape index (κ1) is 14.9. The first-order valence-electron chi connectivity index (χ1n) is 5.83. The quantitative estimate of drug-likeness (QED) is 0.857. The van der Waals surface area contributed by atoms with E-state index in [0.717, 1.165) is 4.31 Å². The molecule has 0 aromatic heterocycles. The number of hydrogen-bond acceptors (Lipinski definition) is 3. The normalized spacial score (nSPS) is 13.3. The van der Waals surface area contributed by atoms with Crippen LogP contribution in [0.5, 0.6) is 0 Å². The molecule has 0 spiro atoms. The van der Waals surface area contributed by atoms with Crippen LogP contribution in [0.4, 0.5) is 10.1 Å². The van der Waals surface area contributed by atoms with E-state index in [2.05, 4.69) is 5.32 Å². The fraction of sp³-hybridized carbons (Fsp3) is 0.500. The molecule has 0 heterocycles. The van der Waals surface area contributed by atoms with Gasteiger partial charge in [0.25, 0.3) is 0 Å². The minimum atomic E-state index is -3.48. The van der Waals surface area contributed by atoms with E-state index in [-0.39, 0.29) is 0 Å². The number of halogens is 1. The van der Waals surface area contributed by atoms with Crippen molar-refractivity contribution in [1.82, 2.24) is 5.32 Å². The van der Waals surface area contributed by atoms with Crippen molar-refractivity contribution < 1.29 is 12.8 Å². The molecule has 0 aliphatic heterocycles. The molecular formula is C12H19FN2O2S. The second-order valence-electron chi connectivity index (χ2n) is 4.11. The largest absolute Gasteiger partial charge is 0.316 e. The molecule has 1 atom stereocenters. The molecule has 1 rings (SSSR count). The predicted octanol–water partition coefficient (Wildman–Crippen LogP) is 1.59. The van der Waals surface area contributed by atoms with Crippen molar-refractivity contribution in [2.45, 2.75) is 19.1 Å². The van der Waals surface area contributed by atoms with Gasteiger partial charge in [-0.05, 0) is 31.7 Å². The number of sulfonamides is 1. The van der Waals surface area contributed by atoms with Crippen molar-refractivity contribution in [3.63, 3.8) is 0 Å². The van der Waals surface area contributed by atoms with E-state index in [4.69, 9.17) is 0 Å². The van der Waals surface area contributed by atoms with E-state index in [1.54, 1.807) is 13.0 Å². The molecule has 102 valence electrons. The lowest BCUT2D eigenvalue weighted by molar-refractivity contribution is 0.572. The maximum atomic E-state index is 13.1. The van der Waals surface area contributed by atoms with Gasteiger partial charge in [0.15, 0.2) is 0 Å². The van der Waals surface area contributed by atoms with Gasteiger partial charge in [-0.15, -0.1) is 0 Å². The third-order valence-corrected chi connectivity index (χ3v) is 4.90. The Morgan fingerprint density at radius 3 is 2.67 bits per heavy atom. The van der Waals surface area contributed by atoms with Crippen LogP contribution in [0.15, 0.2) is 24.3 Å². The number of nitrogens with one attached hydrogen (secondary N) is 1. The Hall–Kier alpha value is -1.14. The summed E-state index contributed by atoms with van der Waals surface area (Å²) in [7, 11) is -2.04. The molecule has 0 aliphatic carbocycles. The van der Waals surface area contributed by atoms with Gasteiger partial charge in [-0.1, -0.05) is 13.0 Å². The topological polar surface area (TPSA) is 49.4 Å². The highest BCUT2D eigenvalue weighted by atomic mass is 32.2. The van der Waals surface area contributed by atoms with Crippen LogP contribution in [-0.4, -0.2) is 33.8 Å². The van der Waals surface area contributed by atoms with Gasteiger partial charge in [-0.25, -0.2) is 12.8 Å². The molecule has 0 radical (unpaired) electrons. The van der Waals surface area contributed by atoms with Crippen LogP contribution >= 0.6 is 0 Å². The summed E-state index contributed by atoms with van der Waals surface area (Å²) >= 11 is 0. The minimum Gasteiger partial charge on any atom is -0.316 e. The molecule has 0 fully saturated rings. The standard InChI is InChI=1S/C12H19FN2O2S/c1-4-14-9-10(2)18(16,17)15(3)12-7-5-6-11(13)8-12/h5-8,10,14H,4,9H2,1-3H3. The van der Waals surface area contributed by atoms with Crippen LogP contribution in [0.2, 0.25) is 0 Å². The molecule has 0 bridgehead atoms. The Balaban J connectivity index is 2.91. The molecule has 0 saturated carbocycles. The fourth-order valence-electron chi connectivity index (χ4n) is 1.54. The van der Waals surface area contributed by atoms with Gasteiger partial charge >= 0.3 is 0 Å². The smallest absolute Gasteiger partial charge is 0.238 e. The minimum absolute atomic E-state index is 0.332. The van der Waals surface area contributed by atoms with E-state index in [1.807, 2.05) is 6.92 Å². The van der Waals surface area contributed by atoms with Crippen molar-refractivity contribution in [1.29, 1.82) is 0 Å². The summed E-state index contributed by atoms with van der Waals surface area (Å²) < 4.78 is 38.6. The molecule has 1 aromatic rings. The van der Waals surface area contributed by atoms with Crippen LogP contribution in [0.3, 0.4) is 0 Å². The Kier molecular flexibility index (Phi) is 5.10. The molecule has 18 heavy (non-hydrogen) atoms. The maximum absolute atomic E-state index is 13.1. The van der Waals surface area contributed by atoms with Gasteiger partial charge in [0.1, 0.15) is 5.82 Å². The Morgan fingerprint density at radius 1 is 1.44 bits per heavy atom. The Labute approximate surface area is 108 Å². The summed E-state index contributed by atoms with van der Waals surface area (Å²) in [5.74, 6) is -0.450. The third kappa shape index (κ3) is 3.43. The molecule has 6 heteroatoms. The summed E-state index contributed by atoms with van der Waals surface area (Å²) in [6.07, 6.45) is 0. The molecule has 0 amide bonds. The molecule has 1 aromatic carbocycles. The fourth-order valence-corrected chi connectivity index (χ4v) is 2.82.